The van der Waals surface area contributed by atoms with Gasteiger partial charge in [0.2, 0.25) is 0 Å². The van der Waals surface area contributed by atoms with Crippen molar-refractivity contribution in [1.82, 2.24) is 0 Å². The van der Waals surface area contributed by atoms with Gasteiger partial charge in [0.05, 0.1) is 17.5 Å². The minimum Gasteiger partial charge on any atom is -0.549 e. The first-order valence-electron chi connectivity index (χ1n) is 4.99. The van der Waals surface area contributed by atoms with E-state index in [4.69, 9.17) is 0 Å². The van der Waals surface area contributed by atoms with Gasteiger partial charge in [0.15, 0.2) is 5.78 Å². The molecule has 0 fully saturated rings. The predicted molar refractivity (Wildman–Crippen MR) is 49.2 cm³/mol. The summed E-state index contributed by atoms with van der Waals surface area (Å²) in [7, 11) is 0. The van der Waals surface area contributed by atoms with E-state index >= 15 is 0 Å². The Morgan fingerprint density at radius 3 is 1.86 bits per heavy atom. The monoisotopic (exact) mass is 310 g/mol. The number of rotatable bonds is 4. The summed E-state index contributed by atoms with van der Waals surface area (Å²) in [4.78, 5) is 32.4. The summed E-state index contributed by atoms with van der Waals surface area (Å²) in [5.74, 6) is -14.5. The molecule has 0 atom stereocenters. The normalized spacial score (nSPS) is 11.5. The molecular formula is C11H3F5O5-2. The van der Waals surface area contributed by atoms with E-state index in [9.17, 15) is 46.5 Å². The molecule has 0 saturated heterocycles. The summed E-state index contributed by atoms with van der Waals surface area (Å²) in [5.41, 5.74) is -3.99. The van der Waals surface area contributed by atoms with Crippen LogP contribution in [0.5, 0.6) is 0 Å². The van der Waals surface area contributed by atoms with Crippen LogP contribution in [0.25, 0.3) is 0 Å². The molecule has 0 heterocycles. The third-order valence-electron chi connectivity index (χ3n) is 2.37. The number of Topliss-reactive ketones (excluding diaryl/α,β-unsaturated/α-hetero) is 1. The molecule has 0 amide bonds. The van der Waals surface area contributed by atoms with Gasteiger partial charge in [-0.2, -0.15) is 13.2 Å². The molecule has 0 aliphatic heterocycles. The van der Waals surface area contributed by atoms with Gasteiger partial charge in [0.25, 0.3) is 0 Å². The molecule has 0 spiro atoms. The van der Waals surface area contributed by atoms with Crippen LogP contribution in [0.15, 0.2) is 12.1 Å². The molecule has 0 radical (unpaired) electrons. The summed E-state index contributed by atoms with van der Waals surface area (Å²) in [6.07, 6.45) is -5.51. The van der Waals surface area contributed by atoms with Gasteiger partial charge in [-0.15, -0.1) is 0 Å². The van der Waals surface area contributed by atoms with Crippen molar-refractivity contribution in [2.24, 2.45) is 5.92 Å². The van der Waals surface area contributed by atoms with Crippen LogP contribution in [-0.4, -0.2) is 17.7 Å². The molecule has 0 N–H and O–H groups in total. The molecule has 0 bridgehead atoms. The molecule has 1 rings (SSSR count). The van der Waals surface area contributed by atoms with E-state index in [2.05, 4.69) is 0 Å². The Kier molecular flexibility index (Phi) is 4.30. The molecule has 0 unspecified atom stereocenters. The van der Waals surface area contributed by atoms with Crippen LogP contribution in [0.2, 0.25) is 0 Å². The highest BCUT2D eigenvalue weighted by atomic mass is 19.4. The maximum Gasteiger partial charge on any atom is 0.422 e. The van der Waals surface area contributed by atoms with E-state index in [0.717, 1.165) is 0 Å². The first-order valence-corrected chi connectivity index (χ1v) is 4.99. The zero-order valence-corrected chi connectivity index (χ0v) is 9.66. The van der Waals surface area contributed by atoms with Gasteiger partial charge in [-0.05, 0) is 12.1 Å². The van der Waals surface area contributed by atoms with Crippen LogP contribution in [0.4, 0.5) is 22.0 Å². The van der Waals surface area contributed by atoms with Crippen molar-refractivity contribution >= 4 is 17.7 Å². The number of carbonyl (C=O) groups excluding carboxylic acids is 3. The number of carbonyl (C=O) groups is 3. The van der Waals surface area contributed by atoms with Crippen LogP contribution < -0.4 is 10.2 Å². The van der Waals surface area contributed by atoms with Crippen molar-refractivity contribution in [2.45, 2.75) is 6.18 Å². The standard InChI is InChI=1S/C11H5F5O5/c12-4-2-1-3(7(13)6(4)11(14,15)16)8(17)5(9(18)19)10(20)21/h1-2,5H,(H,18,19)(H,20,21)/p-2. The maximum absolute atomic E-state index is 13.6. The van der Waals surface area contributed by atoms with Crippen molar-refractivity contribution in [3.8, 4) is 0 Å². The van der Waals surface area contributed by atoms with Crippen molar-refractivity contribution in [1.29, 1.82) is 0 Å². The summed E-state index contributed by atoms with van der Waals surface area (Å²) in [5, 5.41) is 20.9. The predicted octanol–water partition coefficient (Wildman–Crippen LogP) is -0.718. The molecule has 0 aliphatic carbocycles. The van der Waals surface area contributed by atoms with Crippen LogP contribution >= 0.6 is 0 Å². The fourth-order valence-corrected chi connectivity index (χ4v) is 1.47. The average Bonchev–Trinajstić information content (AvgIpc) is 2.25. The van der Waals surface area contributed by atoms with Crippen LogP contribution in [0, 0.1) is 17.6 Å². The number of carboxylic acid groups (broad SMARTS) is 2. The lowest BCUT2D eigenvalue weighted by Gasteiger charge is -2.19. The maximum atomic E-state index is 13.6. The van der Waals surface area contributed by atoms with Crippen LogP contribution in [-0.2, 0) is 15.8 Å². The molecule has 10 heteroatoms. The largest absolute Gasteiger partial charge is 0.549 e. The Hall–Kier alpha value is -2.52. The first-order chi connectivity index (χ1) is 9.48. The molecule has 0 aromatic heterocycles. The Bertz CT molecular complexity index is 608. The van der Waals surface area contributed by atoms with E-state index in [0.29, 0.717) is 0 Å². The van der Waals surface area contributed by atoms with Gasteiger partial charge in [-0.25, -0.2) is 8.78 Å². The van der Waals surface area contributed by atoms with Crippen LogP contribution in [0.3, 0.4) is 0 Å². The summed E-state index contributed by atoms with van der Waals surface area (Å²) in [6, 6.07) is 0.252. The van der Waals surface area contributed by atoms with Gasteiger partial charge in [0.1, 0.15) is 23.1 Å². The zero-order valence-electron chi connectivity index (χ0n) is 9.66. The summed E-state index contributed by atoms with van der Waals surface area (Å²) in [6.45, 7) is 0. The van der Waals surface area contributed by atoms with E-state index < -0.39 is 52.6 Å². The highest BCUT2D eigenvalue weighted by Gasteiger charge is 2.40. The molecule has 1 aromatic carbocycles. The second-order valence-electron chi connectivity index (χ2n) is 3.72. The quantitative estimate of drug-likeness (QED) is 0.415. The average molecular weight is 310 g/mol. The Balaban J connectivity index is 3.49. The van der Waals surface area contributed by atoms with Crippen molar-refractivity contribution in [2.75, 3.05) is 0 Å². The molecular weight excluding hydrogens is 307 g/mol. The van der Waals surface area contributed by atoms with Gasteiger partial charge in [-0.3, -0.25) is 4.79 Å². The minimum absolute atomic E-state index is 0.0563. The smallest absolute Gasteiger partial charge is 0.422 e. The van der Waals surface area contributed by atoms with Gasteiger partial charge in [0, 0.05) is 0 Å². The molecule has 21 heavy (non-hydrogen) atoms. The third-order valence-corrected chi connectivity index (χ3v) is 2.37. The number of halogens is 5. The Labute approximate surface area is 112 Å². The number of hydrogen-bond acceptors (Lipinski definition) is 5. The van der Waals surface area contributed by atoms with E-state index in [1.54, 1.807) is 0 Å². The van der Waals surface area contributed by atoms with Gasteiger partial charge >= 0.3 is 6.18 Å². The van der Waals surface area contributed by atoms with Crippen molar-refractivity contribution in [3.63, 3.8) is 0 Å². The SMILES string of the molecule is O=C([O-])C(C(=O)[O-])C(=O)c1ccc(F)c(C(F)(F)F)c1F. The zero-order chi connectivity index (χ0) is 16.5. The lowest BCUT2D eigenvalue weighted by molar-refractivity contribution is -0.328. The molecule has 0 saturated carbocycles. The van der Waals surface area contributed by atoms with Gasteiger partial charge < -0.3 is 19.8 Å². The van der Waals surface area contributed by atoms with Crippen LogP contribution in [0.1, 0.15) is 15.9 Å². The number of benzene rings is 1. The van der Waals surface area contributed by atoms with Crippen molar-refractivity contribution < 1.29 is 46.5 Å². The number of hydrogen-bond donors (Lipinski definition) is 0. The highest BCUT2D eigenvalue weighted by molar-refractivity contribution is 6.19. The number of ketones is 1. The second-order valence-corrected chi connectivity index (χ2v) is 3.72. The molecule has 0 aliphatic rings. The lowest BCUT2D eigenvalue weighted by Crippen LogP contribution is -2.47. The highest BCUT2D eigenvalue weighted by Crippen LogP contribution is 2.35. The summed E-state index contributed by atoms with van der Waals surface area (Å²) >= 11 is 0. The van der Waals surface area contributed by atoms with Crippen molar-refractivity contribution in [3.05, 3.63) is 34.9 Å². The Morgan fingerprint density at radius 2 is 1.48 bits per heavy atom. The Morgan fingerprint density at radius 1 is 1.00 bits per heavy atom. The number of carboxylic acids is 2. The molecule has 5 nitrogen and oxygen atoms in total. The number of alkyl halides is 3. The summed E-state index contributed by atoms with van der Waals surface area (Å²) < 4.78 is 63.8. The number of aliphatic carboxylic acids is 2. The fourth-order valence-electron chi connectivity index (χ4n) is 1.47. The minimum atomic E-state index is -5.51. The molecule has 1 aromatic rings. The third kappa shape index (κ3) is 3.15. The van der Waals surface area contributed by atoms with E-state index in [-0.39, 0.29) is 12.1 Å². The first kappa shape index (κ1) is 16.5. The van der Waals surface area contributed by atoms with E-state index in [1.807, 2.05) is 0 Å². The molecule has 114 valence electrons. The topological polar surface area (TPSA) is 97.3 Å². The lowest BCUT2D eigenvalue weighted by atomic mass is 9.95. The second kappa shape index (κ2) is 5.46. The van der Waals surface area contributed by atoms with Gasteiger partial charge in [-0.1, -0.05) is 0 Å². The fraction of sp³-hybridized carbons (Fsp3) is 0.182. The van der Waals surface area contributed by atoms with E-state index in [1.165, 1.54) is 0 Å².